The molecule has 1 N–H and O–H groups in total. The lowest BCUT2D eigenvalue weighted by Crippen LogP contribution is -2.20. The Kier molecular flexibility index (Phi) is 3.91. The van der Waals surface area contributed by atoms with Gasteiger partial charge in [-0.1, -0.05) is 11.6 Å². The van der Waals surface area contributed by atoms with Gasteiger partial charge in [-0.05, 0) is 24.3 Å². The smallest absolute Gasteiger partial charge is 0.193 e. The average Bonchev–Trinajstić information content (AvgIpc) is 2.99. The number of hydrogen-bond acceptors (Lipinski definition) is 4. The van der Waals surface area contributed by atoms with E-state index in [-0.39, 0.29) is 6.61 Å². The summed E-state index contributed by atoms with van der Waals surface area (Å²) < 4.78 is 7.46. The van der Waals surface area contributed by atoms with Gasteiger partial charge in [-0.15, -0.1) is 11.3 Å². The van der Waals surface area contributed by atoms with E-state index in [0.29, 0.717) is 17.2 Å². The predicted octanol–water partition coefficient (Wildman–Crippen LogP) is 3.03. The molecule has 1 atom stereocenters. The third kappa shape index (κ3) is 3.12. The lowest BCUT2D eigenvalue weighted by atomic mass is 10.2. The third-order valence-corrected chi connectivity index (χ3v) is 3.87. The van der Waals surface area contributed by atoms with E-state index in [1.165, 1.54) is 0 Å². The van der Waals surface area contributed by atoms with Gasteiger partial charge in [0.15, 0.2) is 4.96 Å². The number of aromatic nitrogens is 2. The summed E-state index contributed by atoms with van der Waals surface area (Å²) in [5.74, 6) is 0.694. The second-order valence-electron chi connectivity index (χ2n) is 4.45. The molecule has 0 aliphatic carbocycles. The molecule has 0 bridgehead atoms. The van der Waals surface area contributed by atoms with Gasteiger partial charge in [-0.25, -0.2) is 4.98 Å². The summed E-state index contributed by atoms with van der Waals surface area (Å²) >= 11 is 7.37. The molecule has 0 fully saturated rings. The van der Waals surface area contributed by atoms with Gasteiger partial charge in [0, 0.05) is 29.2 Å². The third-order valence-electron chi connectivity index (χ3n) is 2.84. The van der Waals surface area contributed by atoms with Crippen molar-refractivity contribution in [2.45, 2.75) is 12.5 Å². The first-order valence-electron chi connectivity index (χ1n) is 6.18. The second-order valence-corrected chi connectivity index (χ2v) is 5.76. The molecule has 0 aliphatic rings. The van der Waals surface area contributed by atoms with Crippen LogP contribution in [0.2, 0.25) is 5.02 Å². The predicted molar refractivity (Wildman–Crippen MR) is 79.7 cm³/mol. The molecule has 4 nitrogen and oxygen atoms in total. The van der Waals surface area contributed by atoms with Crippen molar-refractivity contribution in [3.05, 3.63) is 52.8 Å². The largest absolute Gasteiger partial charge is 0.491 e. The van der Waals surface area contributed by atoms with E-state index in [2.05, 4.69) is 4.98 Å². The second kappa shape index (κ2) is 5.83. The number of aliphatic hydroxyl groups is 1. The quantitative estimate of drug-likeness (QED) is 0.788. The Hall–Kier alpha value is -1.56. The van der Waals surface area contributed by atoms with E-state index in [1.54, 1.807) is 35.6 Å². The molecule has 104 valence electrons. The van der Waals surface area contributed by atoms with Gasteiger partial charge in [0.25, 0.3) is 0 Å². The zero-order valence-electron chi connectivity index (χ0n) is 10.6. The molecule has 0 amide bonds. The normalized spacial score (nSPS) is 12.7. The highest BCUT2D eigenvalue weighted by Gasteiger charge is 2.10. The molecule has 0 aliphatic heterocycles. The van der Waals surface area contributed by atoms with Crippen LogP contribution in [-0.4, -0.2) is 27.2 Å². The minimum absolute atomic E-state index is 0.229. The number of hydrogen-bond donors (Lipinski definition) is 1. The first kappa shape index (κ1) is 13.4. The van der Waals surface area contributed by atoms with Gasteiger partial charge in [0.05, 0.1) is 11.8 Å². The summed E-state index contributed by atoms with van der Waals surface area (Å²) in [7, 11) is 0. The molecule has 2 aromatic heterocycles. The van der Waals surface area contributed by atoms with Crippen molar-refractivity contribution in [2.75, 3.05) is 6.61 Å². The van der Waals surface area contributed by atoms with Crippen molar-refractivity contribution in [1.29, 1.82) is 0 Å². The molecule has 0 spiro atoms. The first-order valence-corrected chi connectivity index (χ1v) is 7.44. The Morgan fingerprint density at radius 1 is 1.35 bits per heavy atom. The van der Waals surface area contributed by atoms with Gasteiger partial charge in [-0.3, -0.25) is 4.40 Å². The highest BCUT2D eigenvalue weighted by molar-refractivity contribution is 7.15. The van der Waals surface area contributed by atoms with Crippen molar-refractivity contribution < 1.29 is 9.84 Å². The number of rotatable bonds is 5. The monoisotopic (exact) mass is 308 g/mol. The van der Waals surface area contributed by atoms with Crippen LogP contribution in [0.25, 0.3) is 4.96 Å². The van der Waals surface area contributed by atoms with Crippen LogP contribution < -0.4 is 4.74 Å². The molecule has 0 radical (unpaired) electrons. The van der Waals surface area contributed by atoms with E-state index in [1.807, 2.05) is 22.2 Å². The number of aliphatic hydroxyl groups excluding tert-OH is 1. The highest BCUT2D eigenvalue weighted by atomic mass is 35.5. The maximum atomic E-state index is 9.98. The molecule has 20 heavy (non-hydrogen) atoms. The molecule has 0 saturated carbocycles. The number of fused-ring (bicyclic) bond motifs is 1. The fourth-order valence-corrected chi connectivity index (χ4v) is 2.74. The SMILES string of the molecule is OC(COc1ccc(Cl)cc1)Cc1cn2ccsc2n1. The number of imidazole rings is 1. The van der Waals surface area contributed by atoms with E-state index in [0.717, 1.165) is 10.7 Å². The number of ether oxygens (including phenoxy) is 1. The number of nitrogens with zero attached hydrogens (tertiary/aromatic N) is 2. The average molecular weight is 309 g/mol. The van der Waals surface area contributed by atoms with Crippen LogP contribution in [0, 0.1) is 0 Å². The van der Waals surface area contributed by atoms with E-state index < -0.39 is 6.10 Å². The number of benzene rings is 1. The van der Waals surface area contributed by atoms with Crippen LogP contribution in [0.4, 0.5) is 0 Å². The van der Waals surface area contributed by atoms with Crippen molar-refractivity contribution in [1.82, 2.24) is 9.38 Å². The van der Waals surface area contributed by atoms with E-state index >= 15 is 0 Å². The molecule has 1 unspecified atom stereocenters. The Labute approximate surface area is 125 Å². The van der Waals surface area contributed by atoms with Gasteiger partial charge in [-0.2, -0.15) is 0 Å². The topological polar surface area (TPSA) is 46.8 Å². The zero-order chi connectivity index (χ0) is 13.9. The van der Waals surface area contributed by atoms with Crippen molar-refractivity contribution in [3.63, 3.8) is 0 Å². The highest BCUT2D eigenvalue weighted by Crippen LogP contribution is 2.16. The minimum atomic E-state index is -0.588. The van der Waals surface area contributed by atoms with Crippen LogP contribution in [-0.2, 0) is 6.42 Å². The Morgan fingerprint density at radius 3 is 2.90 bits per heavy atom. The molecule has 2 heterocycles. The first-order chi connectivity index (χ1) is 9.70. The molecule has 6 heteroatoms. The molecular formula is C14H13ClN2O2S. The summed E-state index contributed by atoms with van der Waals surface area (Å²) in [5, 5.41) is 12.6. The Balaban J connectivity index is 1.55. The Morgan fingerprint density at radius 2 is 2.15 bits per heavy atom. The lowest BCUT2D eigenvalue weighted by Gasteiger charge is -2.11. The van der Waals surface area contributed by atoms with Crippen LogP contribution >= 0.6 is 22.9 Å². The molecule has 1 aromatic carbocycles. The summed E-state index contributed by atoms with van der Waals surface area (Å²) in [6, 6.07) is 7.07. The van der Waals surface area contributed by atoms with E-state index in [9.17, 15) is 5.11 Å². The van der Waals surface area contributed by atoms with Crippen LogP contribution in [0.1, 0.15) is 5.69 Å². The van der Waals surface area contributed by atoms with Crippen molar-refractivity contribution in [3.8, 4) is 5.75 Å². The molecule has 3 rings (SSSR count). The van der Waals surface area contributed by atoms with E-state index in [4.69, 9.17) is 16.3 Å². The lowest BCUT2D eigenvalue weighted by molar-refractivity contribution is 0.107. The van der Waals surface area contributed by atoms with Crippen LogP contribution in [0.5, 0.6) is 5.75 Å². The fourth-order valence-electron chi connectivity index (χ4n) is 1.90. The summed E-state index contributed by atoms with van der Waals surface area (Å²) in [5.41, 5.74) is 0.865. The van der Waals surface area contributed by atoms with Crippen molar-refractivity contribution >= 4 is 27.9 Å². The van der Waals surface area contributed by atoms with Crippen LogP contribution in [0.15, 0.2) is 42.0 Å². The zero-order valence-corrected chi connectivity index (χ0v) is 12.1. The van der Waals surface area contributed by atoms with Crippen LogP contribution in [0.3, 0.4) is 0 Å². The summed E-state index contributed by atoms with van der Waals surface area (Å²) in [6.07, 6.45) is 3.77. The molecule has 3 aromatic rings. The number of thiazole rings is 1. The van der Waals surface area contributed by atoms with Gasteiger partial charge < -0.3 is 9.84 Å². The van der Waals surface area contributed by atoms with Gasteiger partial charge >= 0.3 is 0 Å². The number of halogens is 1. The standard InChI is InChI=1S/C14H13ClN2O2S/c15-10-1-3-13(4-2-10)19-9-12(18)7-11-8-17-5-6-20-14(17)16-11/h1-6,8,12,18H,7,9H2. The van der Waals surface area contributed by atoms with Crippen molar-refractivity contribution in [2.24, 2.45) is 0 Å². The Bertz CT molecular complexity index is 664. The summed E-state index contributed by atoms with van der Waals surface area (Å²) in [6.45, 7) is 0.229. The molecular weight excluding hydrogens is 296 g/mol. The van der Waals surface area contributed by atoms with Gasteiger partial charge in [0.1, 0.15) is 12.4 Å². The summed E-state index contributed by atoms with van der Waals surface area (Å²) in [4.78, 5) is 5.36. The maximum Gasteiger partial charge on any atom is 0.193 e. The van der Waals surface area contributed by atoms with Gasteiger partial charge in [0.2, 0.25) is 0 Å². The fraction of sp³-hybridized carbons (Fsp3) is 0.214. The minimum Gasteiger partial charge on any atom is -0.491 e. The molecule has 0 saturated heterocycles. The maximum absolute atomic E-state index is 9.98.